The van der Waals surface area contributed by atoms with E-state index in [0.717, 1.165) is 6.54 Å². The molecule has 1 aliphatic heterocycles. The van der Waals surface area contributed by atoms with Crippen molar-refractivity contribution >= 4 is 0 Å². The Balaban J connectivity index is 2.09. The van der Waals surface area contributed by atoms with Crippen LogP contribution in [-0.2, 0) is 0 Å². The number of hydrogen-bond acceptors (Lipinski definition) is 2. The molecule has 0 bridgehead atoms. The van der Waals surface area contributed by atoms with Crippen molar-refractivity contribution in [2.45, 2.75) is 65.1 Å². The summed E-state index contributed by atoms with van der Waals surface area (Å²) in [5.41, 5.74) is 10.4. The zero-order valence-electron chi connectivity index (χ0n) is 12.8. The minimum absolute atomic E-state index is 0.128. The van der Waals surface area contributed by atoms with Crippen LogP contribution in [0.15, 0.2) is 18.2 Å². The molecule has 2 nitrogen and oxygen atoms in total. The highest BCUT2D eigenvalue weighted by molar-refractivity contribution is 5.32. The molecule has 1 aromatic carbocycles. The van der Waals surface area contributed by atoms with Gasteiger partial charge < -0.3 is 5.73 Å². The Morgan fingerprint density at radius 3 is 2.42 bits per heavy atom. The van der Waals surface area contributed by atoms with E-state index >= 15 is 0 Å². The number of piperidine rings is 1. The Labute approximate surface area is 118 Å². The van der Waals surface area contributed by atoms with Crippen LogP contribution in [0.1, 0.15) is 55.8 Å². The van der Waals surface area contributed by atoms with Gasteiger partial charge in [-0.2, -0.15) is 0 Å². The Kier molecular flexibility index (Phi) is 4.64. The van der Waals surface area contributed by atoms with Gasteiger partial charge in [0.05, 0.1) is 0 Å². The first-order valence-corrected chi connectivity index (χ1v) is 7.57. The fourth-order valence-corrected chi connectivity index (χ4v) is 3.40. The van der Waals surface area contributed by atoms with Crippen molar-refractivity contribution in [3.05, 3.63) is 34.9 Å². The highest BCUT2D eigenvalue weighted by Gasteiger charge is 2.26. The Morgan fingerprint density at radius 1 is 1.21 bits per heavy atom. The Morgan fingerprint density at radius 2 is 1.84 bits per heavy atom. The van der Waals surface area contributed by atoms with E-state index in [4.69, 9.17) is 5.73 Å². The highest BCUT2D eigenvalue weighted by atomic mass is 15.2. The molecule has 0 spiro atoms. The summed E-state index contributed by atoms with van der Waals surface area (Å²) in [5.74, 6) is 0. The zero-order chi connectivity index (χ0) is 14.0. The van der Waals surface area contributed by atoms with Gasteiger partial charge >= 0.3 is 0 Å². The molecule has 2 N–H and O–H groups in total. The first-order chi connectivity index (χ1) is 8.99. The molecule has 106 valence electrons. The van der Waals surface area contributed by atoms with E-state index in [0.29, 0.717) is 12.1 Å². The summed E-state index contributed by atoms with van der Waals surface area (Å²) in [6.07, 6.45) is 3.98. The van der Waals surface area contributed by atoms with E-state index in [2.05, 4.69) is 50.8 Å². The molecule has 0 amide bonds. The van der Waals surface area contributed by atoms with Crippen LogP contribution >= 0.6 is 0 Å². The second-order valence-electron chi connectivity index (χ2n) is 6.29. The van der Waals surface area contributed by atoms with Gasteiger partial charge in [0.2, 0.25) is 0 Å². The van der Waals surface area contributed by atoms with Crippen LogP contribution in [0.3, 0.4) is 0 Å². The molecule has 1 fully saturated rings. The van der Waals surface area contributed by atoms with Gasteiger partial charge in [-0.15, -0.1) is 0 Å². The summed E-state index contributed by atoms with van der Waals surface area (Å²) in [6.45, 7) is 9.96. The molecule has 1 heterocycles. The smallest absolute Gasteiger partial charge is 0.0427 e. The summed E-state index contributed by atoms with van der Waals surface area (Å²) in [4.78, 5) is 2.59. The summed E-state index contributed by atoms with van der Waals surface area (Å²) in [6, 6.07) is 8.07. The minimum Gasteiger partial charge on any atom is -0.323 e. The van der Waals surface area contributed by atoms with Crippen molar-refractivity contribution in [1.82, 2.24) is 4.90 Å². The van der Waals surface area contributed by atoms with E-state index in [1.165, 1.54) is 36.0 Å². The third kappa shape index (κ3) is 3.37. The fraction of sp³-hybridized carbons (Fsp3) is 0.647. The quantitative estimate of drug-likeness (QED) is 0.900. The zero-order valence-corrected chi connectivity index (χ0v) is 12.8. The van der Waals surface area contributed by atoms with Gasteiger partial charge in [-0.3, -0.25) is 4.90 Å². The maximum Gasteiger partial charge on any atom is 0.0427 e. The van der Waals surface area contributed by atoms with Crippen LogP contribution in [0.2, 0.25) is 0 Å². The lowest BCUT2D eigenvalue weighted by molar-refractivity contribution is 0.0961. The summed E-state index contributed by atoms with van der Waals surface area (Å²) in [5, 5.41) is 0. The molecule has 0 saturated carbocycles. The van der Waals surface area contributed by atoms with Crippen molar-refractivity contribution in [2.75, 3.05) is 6.54 Å². The normalized spacial score (nSPS) is 26.4. The molecule has 1 saturated heterocycles. The van der Waals surface area contributed by atoms with Gasteiger partial charge in [0.15, 0.2) is 0 Å². The second kappa shape index (κ2) is 6.06. The molecular weight excluding hydrogens is 232 g/mol. The monoisotopic (exact) mass is 260 g/mol. The lowest BCUT2D eigenvalue weighted by Crippen LogP contribution is -2.46. The molecule has 1 aromatic rings. The maximum atomic E-state index is 6.46. The Bertz CT molecular complexity index is 417. The van der Waals surface area contributed by atoms with E-state index in [1.807, 2.05) is 0 Å². The molecule has 0 aromatic heterocycles. The van der Waals surface area contributed by atoms with Crippen LogP contribution < -0.4 is 5.73 Å². The summed E-state index contributed by atoms with van der Waals surface area (Å²) >= 11 is 0. The van der Waals surface area contributed by atoms with E-state index in [9.17, 15) is 0 Å². The first-order valence-electron chi connectivity index (χ1n) is 7.57. The SMILES string of the molecule is Cc1ccc(C(N)CN2[C@H](C)CCC[C@@H]2C)c(C)c1. The van der Waals surface area contributed by atoms with E-state index < -0.39 is 0 Å². The van der Waals surface area contributed by atoms with Crippen molar-refractivity contribution in [3.63, 3.8) is 0 Å². The number of benzene rings is 1. The number of hydrogen-bond donors (Lipinski definition) is 1. The average molecular weight is 260 g/mol. The fourth-order valence-electron chi connectivity index (χ4n) is 3.40. The Hall–Kier alpha value is -0.860. The van der Waals surface area contributed by atoms with Crippen molar-refractivity contribution in [2.24, 2.45) is 5.73 Å². The highest BCUT2D eigenvalue weighted by Crippen LogP contribution is 2.26. The van der Waals surface area contributed by atoms with Crippen LogP contribution in [0, 0.1) is 13.8 Å². The lowest BCUT2D eigenvalue weighted by Gasteiger charge is -2.40. The van der Waals surface area contributed by atoms with E-state index in [1.54, 1.807) is 0 Å². The minimum atomic E-state index is 0.128. The van der Waals surface area contributed by atoms with Crippen molar-refractivity contribution < 1.29 is 0 Å². The first kappa shape index (κ1) is 14.5. The standard InChI is InChI=1S/C17H28N2/c1-12-8-9-16(13(2)10-12)17(18)11-19-14(3)6-5-7-15(19)4/h8-10,14-15,17H,5-7,11,18H2,1-4H3/t14-,15+,17?. The van der Waals surface area contributed by atoms with Gasteiger partial charge in [0.1, 0.15) is 0 Å². The second-order valence-corrected chi connectivity index (χ2v) is 6.29. The lowest BCUT2D eigenvalue weighted by atomic mass is 9.94. The third-order valence-electron chi connectivity index (χ3n) is 4.61. The van der Waals surface area contributed by atoms with Crippen LogP contribution in [0.25, 0.3) is 0 Å². The van der Waals surface area contributed by atoms with Crippen LogP contribution in [0.4, 0.5) is 0 Å². The molecular formula is C17H28N2. The molecule has 2 heteroatoms. The molecule has 19 heavy (non-hydrogen) atoms. The molecule has 2 rings (SSSR count). The third-order valence-corrected chi connectivity index (χ3v) is 4.61. The predicted octanol–water partition coefficient (Wildman–Crippen LogP) is 3.57. The van der Waals surface area contributed by atoms with Crippen molar-refractivity contribution in [3.8, 4) is 0 Å². The topological polar surface area (TPSA) is 29.3 Å². The molecule has 1 unspecified atom stereocenters. The summed E-state index contributed by atoms with van der Waals surface area (Å²) < 4.78 is 0. The predicted molar refractivity (Wildman–Crippen MR) is 82.3 cm³/mol. The van der Waals surface area contributed by atoms with Gasteiger partial charge in [-0.05, 0) is 51.7 Å². The number of nitrogens with two attached hydrogens (primary N) is 1. The van der Waals surface area contributed by atoms with Gasteiger partial charge in [-0.1, -0.05) is 30.2 Å². The summed E-state index contributed by atoms with van der Waals surface area (Å²) in [7, 11) is 0. The van der Waals surface area contributed by atoms with Gasteiger partial charge in [0, 0.05) is 24.7 Å². The van der Waals surface area contributed by atoms with Crippen molar-refractivity contribution in [1.29, 1.82) is 0 Å². The van der Waals surface area contributed by atoms with Gasteiger partial charge in [-0.25, -0.2) is 0 Å². The number of aryl methyl sites for hydroxylation is 2. The molecule has 0 aliphatic carbocycles. The largest absolute Gasteiger partial charge is 0.323 e. The number of likely N-dealkylation sites (tertiary alicyclic amines) is 1. The number of nitrogens with zero attached hydrogens (tertiary/aromatic N) is 1. The molecule has 1 aliphatic rings. The molecule has 0 radical (unpaired) electrons. The van der Waals surface area contributed by atoms with E-state index in [-0.39, 0.29) is 6.04 Å². The van der Waals surface area contributed by atoms with Crippen LogP contribution in [-0.4, -0.2) is 23.5 Å². The number of rotatable bonds is 3. The average Bonchev–Trinajstić information content (AvgIpc) is 2.33. The van der Waals surface area contributed by atoms with Gasteiger partial charge in [0.25, 0.3) is 0 Å². The van der Waals surface area contributed by atoms with Crippen LogP contribution in [0.5, 0.6) is 0 Å². The molecule has 3 atom stereocenters. The maximum absolute atomic E-state index is 6.46.